The van der Waals surface area contributed by atoms with Crippen molar-refractivity contribution in [3.8, 4) is 0 Å². The van der Waals surface area contributed by atoms with Gasteiger partial charge in [0.15, 0.2) is 9.84 Å². The van der Waals surface area contributed by atoms with Gasteiger partial charge >= 0.3 is 0 Å². The van der Waals surface area contributed by atoms with E-state index >= 15 is 0 Å². The monoisotopic (exact) mass is 408 g/mol. The van der Waals surface area contributed by atoms with Gasteiger partial charge in [-0.15, -0.1) is 0 Å². The third-order valence-electron chi connectivity index (χ3n) is 4.77. The number of hydrogen-bond donors (Lipinski definition) is 1. The van der Waals surface area contributed by atoms with Crippen LogP contribution in [0.4, 0.5) is 0 Å². The van der Waals surface area contributed by atoms with Crippen LogP contribution < -0.4 is 5.32 Å². The molecule has 6 heteroatoms. The standard InChI is InChI=1S/C23H24N2O3S/c1-17-10-11-18(2)21(13-17)29(27,28)22(20-9-6-12-24-15-20)16-25-23(26)14-19-7-4-3-5-8-19/h3-13,15,22H,14,16H2,1-2H3,(H,25,26)/t22-/m0/s1. The van der Waals surface area contributed by atoms with Gasteiger partial charge in [-0.3, -0.25) is 9.78 Å². The van der Waals surface area contributed by atoms with Crippen LogP contribution in [0.5, 0.6) is 0 Å². The third kappa shape index (κ3) is 5.09. The molecule has 0 spiro atoms. The van der Waals surface area contributed by atoms with Gasteiger partial charge < -0.3 is 5.32 Å². The summed E-state index contributed by atoms with van der Waals surface area (Å²) in [4.78, 5) is 16.8. The van der Waals surface area contributed by atoms with Crippen LogP contribution in [0.25, 0.3) is 0 Å². The number of pyridine rings is 1. The van der Waals surface area contributed by atoms with E-state index in [1.165, 1.54) is 6.20 Å². The summed E-state index contributed by atoms with van der Waals surface area (Å²) >= 11 is 0. The van der Waals surface area contributed by atoms with Gasteiger partial charge in [-0.25, -0.2) is 8.42 Å². The van der Waals surface area contributed by atoms with Crippen molar-refractivity contribution in [1.82, 2.24) is 10.3 Å². The molecule has 3 aromatic rings. The van der Waals surface area contributed by atoms with Crippen LogP contribution in [0.3, 0.4) is 0 Å². The molecule has 1 aromatic heterocycles. The molecule has 0 saturated carbocycles. The Morgan fingerprint density at radius 3 is 2.48 bits per heavy atom. The van der Waals surface area contributed by atoms with E-state index in [4.69, 9.17) is 0 Å². The Morgan fingerprint density at radius 2 is 1.79 bits per heavy atom. The van der Waals surface area contributed by atoms with E-state index in [0.29, 0.717) is 11.1 Å². The van der Waals surface area contributed by atoms with Gasteiger partial charge in [0.05, 0.1) is 11.3 Å². The van der Waals surface area contributed by atoms with E-state index in [1.807, 2.05) is 43.3 Å². The molecule has 0 fully saturated rings. The number of nitrogens with zero attached hydrogens (tertiary/aromatic N) is 1. The first-order valence-electron chi connectivity index (χ1n) is 9.39. The van der Waals surface area contributed by atoms with Crippen LogP contribution in [0.1, 0.15) is 27.5 Å². The van der Waals surface area contributed by atoms with Crippen molar-refractivity contribution in [3.05, 3.63) is 95.3 Å². The second kappa shape index (κ2) is 9.01. The maximum Gasteiger partial charge on any atom is 0.224 e. The molecule has 0 saturated heterocycles. The zero-order valence-corrected chi connectivity index (χ0v) is 17.3. The number of sulfone groups is 1. The largest absolute Gasteiger partial charge is 0.354 e. The summed E-state index contributed by atoms with van der Waals surface area (Å²) in [5, 5.41) is 1.87. The van der Waals surface area contributed by atoms with Crippen molar-refractivity contribution in [2.24, 2.45) is 0 Å². The van der Waals surface area contributed by atoms with Crippen LogP contribution in [-0.4, -0.2) is 25.9 Å². The Hall–Kier alpha value is -2.99. The molecular weight excluding hydrogens is 384 g/mol. The number of carbonyl (C=O) groups excluding carboxylic acids is 1. The zero-order chi connectivity index (χ0) is 20.9. The third-order valence-corrected chi connectivity index (χ3v) is 7.01. The molecule has 0 aliphatic rings. The number of aromatic nitrogens is 1. The van der Waals surface area contributed by atoms with E-state index < -0.39 is 15.1 Å². The van der Waals surface area contributed by atoms with Gasteiger partial charge in [0, 0.05) is 18.9 Å². The first-order chi connectivity index (χ1) is 13.9. The second-order valence-corrected chi connectivity index (χ2v) is 9.15. The van der Waals surface area contributed by atoms with Crippen LogP contribution in [0.2, 0.25) is 0 Å². The minimum absolute atomic E-state index is 0.0208. The fourth-order valence-electron chi connectivity index (χ4n) is 3.19. The van der Waals surface area contributed by atoms with Crippen molar-refractivity contribution >= 4 is 15.7 Å². The Bertz CT molecular complexity index is 1080. The molecule has 0 bridgehead atoms. The van der Waals surface area contributed by atoms with Crippen LogP contribution in [0.15, 0.2) is 78.0 Å². The van der Waals surface area contributed by atoms with Gasteiger partial charge in [-0.1, -0.05) is 48.5 Å². The maximum absolute atomic E-state index is 13.5. The average Bonchev–Trinajstić information content (AvgIpc) is 2.71. The van der Waals surface area contributed by atoms with Crippen LogP contribution in [-0.2, 0) is 21.1 Å². The lowest BCUT2D eigenvalue weighted by atomic mass is 10.1. The van der Waals surface area contributed by atoms with Gasteiger partial charge in [0.2, 0.25) is 5.91 Å². The lowest BCUT2D eigenvalue weighted by Crippen LogP contribution is -2.33. The first-order valence-corrected chi connectivity index (χ1v) is 10.9. The highest BCUT2D eigenvalue weighted by Crippen LogP contribution is 2.30. The normalized spacial score (nSPS) is 12.3. The van der Waals surface area contributed by atoms with E-state index in [1.54, 1.807) is 37.4 Å². The van der Waals surface area contributed by atoms with Crippen LogP contribution in [0, 0.1) is 13.8 Å². The first kappa shape index (κ1) is 20.7. The molecule has 5 nitrogen and oxygen atoms in total. The summed E-state index contributed by atoms with van der Waals surface area (Å²) in [6, 6.07) is 18.1. The summed E-state index contributed by atoms with van der Waals surface area (Å²) in [5.74, 6) is -0.221. The highest BCUT2D eigenvalue weighted by atomic mass is 32.2. The Balaban J connectivity index is 1.87. The van der Waals surface area contributed by atoms with Crippen LogP contribution >= 0.6 is 0 Å². The van der Waals surface area contributed by atoms with Crippen molar-refractivity contribution in [2.75, 3.05) is 6.54 Å². The predicted octanol–water partition coefficient (Wildman–Crippen LogP) is 3.57. The minimum Gasteiger partial charge on any atom is -0.354 e. The van der Waals surface area contributed by atoms with Gasteiger partial charge in [0.25, 0.3) is 0 Å². The lowest BCUT2D eigenvalue weighted by molar-refractivity contribution is -0.120. The van der Waals surface area contributed by atoms with Crippen molar-refractivity contribution in [2.45, 2.75) is 30.4 Å². The molecule has 0 aliphatic carbocycles. The van der Waals surface area contributed by atoms with Crippen molar-refractivity contribution in [1.29, 1.82) is 0 Å². The molecular formula is C23H24N2O3S. The van der Waals surface area contributed by atoms with E-state index in [-0.39, 0.29) is 23.8 Å². The van der Waals surface area contributed by atoms with Crippen molar-refractivity contribution < 1.29 is 13.2 Å². The number of benzene rings is 2. The molecule has 1 atom stereocenters. The average molecular weight is 409 g/mol. The SMILES string of the molecule is Cc1ccc(C)c(S(=O)(=O)[C@@H](CNC(=O)Cc2ccccc2)c2cccnc2)c1. The molecule has 2 aromatic carbocycles. The zero-order valence-electron chi connectivity index (χ0n) is 16.5. The highest BCUT2D eigenvalue weighted by molar-refractivity contribution is 7.91. The number of aryl methyl sites for hydroxylation is 2. The van der Waals surface area contributed by atoms with Gasteiger partial charge in [0.1, 0.15) is 5.25 Å². The number of amides is 1. The number of hydrogen-bond acceptors (Lipinski definition) is 4. The maximum atomic E-state index is 13.5. The predicted molar refractivity (Wildman–Crippen MR) is 113 cm³/mol. The molecule has 1 N–H and O–H groups in total. The fourth-order valence-corrected chi connectivity index (χ4v) is 5.16. The van der Waals surface area contributed by atoms with E-state index in [9.17, 15) is 13.2 Å². The number of nitrogens with one attached hydrogen (secondary N) is 1. The molecule has 0 unspecified atom stereocenters. The Morgan fingerprint density at radius 1 is 1.03 bits per heavy atom. The molecule has 1 heterocycles. The fraction of sp³-hybridized carbons (Fsp3) is 0.217. The smallest absolute Gasteiger partial charge is 0.224 e. The summed E-state index contributed by atoms with van der Waals surface area (Å²) in [7, 11) is -3.73. The highest BCUT2D eigenvalue weighted by Gasteiger charge is 2.31. The Labute approximate surface area is 171 Å². The summed E-state index contributed by atoms with van der Waals surface area (Å²) < 4.78 is 27.0. The quantitative estimate of drug-likeness (QED) is 0.648. The summed E-state index contributed by atoms with van der Waals surface area (Å²) in [6.07, 6.45) is 3.33. The summed E-state index contributed by atoms with van der Waals surface area (Å²) in [5.41, 5.74) is 2.97. The molecule has 3 rings (SSSR count). The number of rotatable bonds is 7. The minimum atomic E-state index is -3.73. The molecule has 0 aliphatic heterocycles. The summed E-state index contributed by atoms with van der Waals surface area (Å²) in [6.45, 7) is 3.62. The molecule has 0 radical (unpaired) electrons. The topological polar surface area (TPSA) is 76.1 Å². The molecule has 1 amide bonds. The molecule has 150 valence electrons. The second-order valence-electron chi connectivity index (χ2n) is 7.06. The van der Waals surface area contributed by atoms with Gasteiger partial charge in [-0.2, -0.15) is 0 Å². The molecule has 29 heavy (non-hydrogen) atoms. The lowest BCUT2D eigenvalue weighted by Gasteiger charge is -2.20. The van der Waals surface area contributed by atoms with E-state index in [2.05, 4.69) is 10.3 Å². The van der Waals surface area contributed by atoms with Gasteiger partial charge in [-0.05, 0) is 48.2 Å². The Kier molecular flexibility index (Phi) is 6.44. The number of carbonyl (C=O) groups is 1. The van der Waals surface area contributed by atoms with E-state index in [0.717, 1.165) is 11.1 Å². The van der Waals surface area contributed by atoms with Crippen molar-refractivity contribution in [3.63, 3.8) is 0 Å².